The van der Waals surface area contributed by atoms with Gasteiger partial charge in [-0.15, -0.1) is 0 Å². The summed E-state index contributed by atoms with van der Waals surface area (Å²) in [6.45, 7) is 0.781. The van der Waals surface area contributed by atoms with Gasteiger partial charge in [-0.2, -0.15) is 0 Å². The van der Waals surface area contributed by atoms with Gasteiger partial charge in [0.25, 0.3) is 0 Å². The van der Waals surface area contributed by atoms with Gasteiger partial charge in [0.05, 0.1) is 11.7 Å². The van der Waals surface area contributed by atoms with Crippen molar-refractivity contribution < 1.29 is 13.6 Å². The predicted molar refractivity (Wildman–Crippen MR) is 60.6 cm³/mol. The summed E-state index contributed by atoms with van der Waals surface area (Å²) < 4.78 is 26.2. The quantitative estimate of drug-likeness (QED) is 0.830. The van der Waals surface area contributed by atoms with E-state index in [9.17, 15) is 13.6 Å². The standard InChI is InChI=1S/C12H14F2N2O/c13-8-4-3-6-9(11(8)14)16-12(17)10-5-1-2-7-15-10/h3-4,6,10,15H,1-2,5,7H2,(H,16,17)/t10-/m1/s1. The molecule has 92 valence electrons. The highest BCUT2D eigenvalue weighted by Crippen LogP contribution is 2.17. The number of carbonyl (C=O) groups excluding carboxylic acids is 1. The number of rotatable bonds is 2. The van der Waals surface area contributed by atoms with Crippen molar-refractivity contribution in [1.29, 1.82) is 0 Å². The van der Waals surface area contributed by atoms with E-state index in [1.54, 1.807) is 0 Å². The van der Waals surface area contributed by atoms with Gasteiger partial charge in [-0.05, 0) is 31.5 Å². The van der Waals surface area contributed by atoms with Crippen molar-refractivity contribution >= 4 is 11.6 Å². The molecule has 5 heteroatoms. The molecule has 1 aromatic rings. The minimum absolute atomic E-state index is 0.109. The largest absolute Gasteiger partial charge is 0.322 e. The first-order valence-electron chi connectivity index (χ1n) is 5.67. The number of benzene rings is 1. The molecule has 0 spiro atoms. The maximum Gasteiger partial charge on any atom is 0.241 e. The Bertz CT molecular complexity index is 417. The van der Waals surface area contributed by atoms with Crippen LogP contribution >= 0.6 is 0 Å². The molecule has 17 heavy (non-hydrogen) atoms. The number of hydrogen-bond donors (Lipinski definition) is 2. The number of halogens is 2. The third-order valence-electron chi connectivity index (χ3n) is 2.84. The molecule has 0 unspecified atom stereocenters. The second-order valence-corrected chi connectivity index (χ2v) is 4.09. The Kier molecular flexibility index (Phi) is 3.68. The third-order valence-corrected chi connectivity index (χ3v) is 2.84. The first-order chi connectivity index (χ1) is 8.18. The Labute approximate surface area is 98.2 Å². The molecule has 1 atom stereocenters. The molecule has 0 bridgehead atoms. The van der Waals surface area contributed by atoms with Crippen molar-refractivity contribution in [3.63, 3.8) is 0 Å². The maximum atomic E-state index is 13.3. The van der Waals surface area contributed by atoms with E-state index in [-0.39, 0.29) is 17.6 Å². The average molecular weight is 240 g/mol. The fraction of sp³-hybridized carbons (Fsp3) is 0.417. The second kappa shape index (κ2) is 5.23. The normalized spacial score (nSPS) is 20.0. The van der Waals surface area contributed by atoms with Crippen LogP contribution in [0.5, 0.6) is 0 Å². The second-order valence-electron chi connectivity index (χ2n) is 4.09. The summed E-state index contributed by atoms with van der Waals surface area (Å²) in [5.74, 6) is -2.29. The van der Waals surface area contributed by atoms with Gasteiger partial charge in [-0.1, -0.05) is 12.5 Å². The molecule has 1 heterocycles. The maximum absolute atomic E-state index is 13.3. The summed E-state index contributed by atoms with van der Waals surface area (Å²) in [7, 11) is 0. The van der Waals surface area contributed by atoms with E-state index in [0.29, 0.717) is 0 Å². The molecule has 0 aromatic heterocycles. The molecule has 2 N–H and O–H groups in total. The molecule has 1 aliphatic heterocycles. The monoisotopic (exact) mass is 240 g/mol. The Hall–Kier alpha value is -1.49. The van der Waals surface area contributed by atoms with Crippen LogP contribution in [0.15, 0.2) is 18.2 Å². The van der Waals surface area contributed by atoms with E-state index in [1.807, 2.05) is 0 Å². The van der Waals surface area contributed by atoms with Crippen LogP contribution in [0.1, 0.15) is 19.3 Å². The SMILES string of the molecule is O=C(Nc1cccc(F)c1F)[C@H]1CCCCN1. The number of piperidine rings is 1. The molecule has 3 nitrogen and oxygen atoms in total. The molecule has 2 rings (SSSR count). The highest BCUT2D eigenvalue weighted by Gasteiger charge is 2.21. The van der Waals surface area contributed by atoms with Crippen molar-refractivity contribution in [3.05, 3.63) is 29.8 Å². The van der Waals surface area contributed by atoms with Crippen LogP contribution in [0.25, 0.3) is 0 Å². The Morgan fingerprint density at radius 1 is 1.35 bits per heavy atom. The zero-order valence-electron chi connectivity index (χ0n) is 9.30. The number of carbonyl (C=O) groups is 1. The van der Waals surface area contributed by atoms with Crippen LogP contribution < -0.4 is 10.6 Å². The summed E-state index contributed by atoms with van der Waals surface area (Å²) in [6.07, 6.45) is 2.73. The van der Waals surface area contributed by atoms with E-state index in [0.717, 1.165) is 31.9 Å². The molecule has 0 saturated carbocycles. The van der Waals surface area contributed by atoms with Crippen molar-refractivity contribution in [2.24, 2.45) is 0 Å². The van der Waals surface area contributed by atoms with Crippen molar-refractivity contribution in [3.8, 4) is 0 Å². The number of nitrogens with one attached hydrogen (secondary N) is 2. The zero-order valence-corrected chi connectivity index (χ0v) is 9.30. The number of amides is 1. The Balaban J connectivity index is 2.04. The van der Waals surface area contributed by atoms with Crippen LogP contribution in [0.3, 0.4) is 0 Å². The van der Waals surface area contributed by atoms with Gasteiger partial charge in [0.1, 0.15) is 0 Å². The van der Waals surface area contributed by atoms with E-state index in [1.165, 1.54) is 12.1 Å². The van der Waals surface area contributed by atoms with Gasteiger partial charge >= 0.3 is 0 Å². The van der Waals surface area contributed by atoms with Gasteiger partial charge in [-0.25, -0.2) is 8.78 Å². The molecular weight excluding hydrogens is 226 g/mol. The molecule has 1 amide bonds. The van der Waals surface area contributed by atoms with E-state index < -0.39 is 11.6 Å². The first kappa shape index (κ1) is 12.0. The van der Waals surface area contributed by atoms with E-state index >= 15 is 0 Å². The zero-order chi connectivity index (χ0) is 12.3. The molecule has 1 aromatic carbocycles. The van der Waals surface area contributed by atoms with Crippen LogP contribution in [0.4, 0.5) is 14.5 Å². The smallest absolute Gasteiger partial charge is 0.241 e. The van der Waals surface area contributed by atoms with Gasteiger partial charge in [-0.3, -0.25) is 4.79 Å². The van der Waals surface area contributed by atoms with Crippen molar-refractivity contribution in [2.75, 3.05) is 11.9 Å². The minimum atomic E-state index is -1.02. The van der Waals surface area contributed by atoms with Crippen LogP contribution in [-0.4, -0.2) is 18.5 Å². The Morgan fingerprint density at radius 3 is 2.88 bits per heavy atom. The molecule has 1 aliphatic rings. The fourth-order valence-corrected chi connectivity index (χ4v) is 1.90. The molecule has 1 saturated heterocycles. The van der Waals surface area contributed by atoms with E-state index in [2.05, 4.69) is 10.6 Å². The third kappa shape index (κ3) is 2.79. The fourth-order valence-electron chi connectivity index (χ4n) is 1.90. The summed E-state index contributed by atoms with van der Waals surface area (Å²) in [5, 5.41) is 5.45. The Morgan fingerprint density at radius 2 is 2.18 bits per heavy atom. The first-order valence-corrected chi connectivity index (χ1v) is 5.67. The van der Waals surface area contributed by atoms with Gasteiger partial charge in [0, 0.05) is 0 Å². The lowest BCUT2D eigenvalue weighted by atomic mass is 10.0. The van der Waals surface area contributed by atoms with Crippen LogP contribution in [0.2, 0.25) is 0 Å². The number of hydrogen-bond acceptors (Lipinski definition) is 2. The predicted octanol–water partition coefficient (Wildman–Crippen LogP) is 2.05. The lowest BCUT2D eigenvalue weighted by Crippen LogP contribution is -2.43. The van der Waals surface area contributed by atoms with E-state index in [4.69, 9.17) is 0 Å². The summed E-state index contributed by atoms with van der Waals surface area (Å²) in [4.78, 5) is 11.8. The van der Waals surface area contributed by atoms with Crippen LogP contribution in [0, 0.1) is 11.6 Å². The molecule has 1 fully saturated rings. The molecular formula is C12H14F2N2O. The summed E-state index contributed by atoms with van der Waals surface area (Å²) in [5.41, 5.74) is -0.109. The van der Waals surface area contributed by atoms with Crippen molar-refractivity contribution in [1.82, 2.24) is 5.32 Å². The summed E-state index contributed by atoms with van der Waals surface area (Å²) in [6, 6.07) is 3.41. The minimum Gasteiger partial charge on any atom is -0.322 e. The van der Waals surface area contributed by atoms with Gasteiger partial charge < -0.3 is 10.6 Å². The lowest BCUT2D eigenvalue weighted by Gasteiger charge is -2.22. The molecule has 0 aliphatic carbocycles. The number of anilines is 1. The van der Waals surface area contributed by atoms with Crippen LogP contribution in [-0.2, 0) is 4.79 Å². The average Bonchev–Trinajstić information content (AvgIpc) is 2.36. The summed E-state index contributed by atoms with van der Waals surface area (Å²) >= 11 is 0. The highest BCUT2D eigenvalue weighted by molar-refractivity contribution is 5.94. The highest BCUT2D eigenvalue weighted by atomic mass is 19.2. The van der Waals surface area contributed by atoms with Gasteiger partial charge in [0.15, 0.2) is 11.6 Å². The van der Waals surface area contributed by atoms with Gasteiger partial charge in [0.2, 0.25) is 5.91 Å². The topological polar surface area (TPSA) is 41.1 Å². The lowest BCUT2D eigenvalue weighted by molar-refractivity contribution is -0.118. The van der Waals surface area contributed by atoms with Crippen molar-refractivity contribution in [2.45, 2.75) is 25.3 Å². The molecule has 0 radical (unpaired) electrons.